The summed E-state index contributed by atoms with van der Waals surface area (Å²) in [5, 5.41) is 3.62. The zero-order valence-corrected chi connectivity index (χ0v) is 11.9. The minimum absolute atomic E-state index is 0.0359. The third-order valence-electron chi connectivity index (χ3n) is 4.16. The van der Waals surface area contributed by atoms with E-state index >= 15 is 0 Å². The lowest BCUT2D eigenvalue weighted by Crippen LogP contribution is -2.47. The van der Waals surface area contributed by atoms with Crippen LogP contribution in [-0.4, -0.2) is 43.6 Å². The van der Waals surface area contributed by atoms with Gasteiger partial charge in [-0.25, -0.2) is 4.98 Å². The first kappa shape index (κ1) is 13.8. The highest BCUT2D eigenvalue weighted by atomic mass is 16.6. The topological polar surface area (TPSA) is 52.6 Å². The van der Waals surface area contributed by atoms with E-state index in [1.807, 2.05) is 12.1 Å². The molecular formula is C15H22N2O3. The number of rotatable bonds is 4. The molecule has 0 aliphatic carbocycles. The molecule has 5 nitrogen and oxygen atoms in total. The molecule has 0 aromatic carbocycles. The van der Waals surface area contributed by atoms with Crippen LogP contribution in [0.5, 0.6) is 5.88 Å². The summed E-state index contributed by atoms with van der Waals surface area (Å²) in [4.78, 5) is 4.12. The minimum atomic E-state index is -0.0359. The van der Waals surface area contributed by atoms with Crippen molar-refractivity contribution in [3.63, 3.8) is 0 Å². The molecule has 2 aliphatic rings. The highest BCUT2D eigenvalue weighted by Crippen LogP contribution is 2.32. The Morgan fingerprint density at radius 1 is 1.50 bits per heavy atom. The number of hydrogen-bond acceptors (Lipinski definition) is 5. The number of methoxy groups -OCH3 is 1. The molecule has 3 heterocycles. The normalized spacial score (nSPS) is 29.8. The summed E-state index contributed by atoms with van der Waals surface area (Å²) >= 11 is 0. The van der Waals surface area contributed by atoms with Crippen LogP contribution in [0.2, 0.25) is 0 Å². The van der Waals surface area contributed by atoms with E-state index in [9.17, 15) is 0 Å². The van der Waals surface area contributed by atoms with E-state index in [0.717, 1.165) is 45.6 Å². The Balaban J connectivity index is 1.55. The van der Waals surface area contributed by atoms with E-state index in [0.29, 0.717) is 11.9 Å². The van der Waals surface area contributed by atoms with Crippen molar-refractivity contribution in [2.45, 2.75) is 37.5 Å². The fraction of sp³-hybridized carbons (Fsp3) is 0.667. The van der Waals surface area contributed by atoms with Gasteiger partial charge in [0.05, 0.1) is 19.3 Å². The van der Waals surface area contributed by atoms with Crippen LogP contribution in [0.4, 0.5) is 0 Å². The van der Waals surface area contributed by atoms with Crippen molar-refractivity contribution < 1.29 is 14.2 Å². The molecule has 2 aliphatic heterocycles. The van der Waals surface area contributed by atoms with Crippen LogP contribution in [0.1, 0.15) is 24.8 Å². The third kappa shape index (κ3) is 3.11. The summed E-state index contributed by atoms with van der Waals surface area (Å²) in [7, 11) is 1.64. The van der Waals surface area contributed by atoms with E-state index in [-0.39, 0.29) is 5.60 Å². The van der Waals surface area contributed by atoms with Gasteiger partial charge in [0, 0.05) is 44.5 Å². The molecule has 1 aromatic heterocycles. The largest absolute Gasteiger partial charge is 0.481 e. The van der Waals surface area contributed by atoms with Gasteiger partial charge in [-0.1, -0.05) is 0 Å². The monoisotopic (exact) mass is 278 g/mol. The molecule has 1 aromatic rings. The average Bonchev–Trinajstić information content (AvgIpc) is 2.93. The highest BCUT2D eigenvalue weighted by Gasteiger charge is 2.40. The number of pyridine rings is 1. The quantitative estimate of drug-likeness (QED) is 0.905. The fourth-order valence-corrected chi connectivity index (χ4v) is 3.00. The molecule has 0 amide bonds. The SMILES string of the molecule is COc1cc(CNC2CCOC3(CCOC3)C2)ccn1. The third-order valence-corrected chi connectivity index (χ3v) is 4.16. The van der Waals surface area contributed by atoms with E-state index in [2.05, 4.69) is 10.3 Å². The fourth-order valence-electron chi connectivity index (χ4n) is 3.00. The smallest absolute Gasteiger partial charge is 0.213 e. The predicted octanol–water partition coefficient (Wildman–Crippen LogP) is 1.52. The first-order chi connectivity index (χ1) is 9.80. The van der Waals surface area contributed by atoms with Gasteiger partial charge < -0.3 is 19.5 Å². The molecule has 1 spiro atoms. The van der Waals surface area contributed by atoms with Gasteiger partial charge in [-0.05, 0) is 24.5 Å². The number of hydrogen-bond donors (Lipinski definition) is 1. The Labute approximate surface area is 119 Å². The van der Waals surface area contributed by atoms with Gasteiger partial charge >= 0.3 is 0 Å². The second kappa shape index (κ2) is 6.08. The van der Waals surface area contributed by atoms with Gasteiger partial charge in [0.25, 0.3) is 0 Å². The van der Waals surface area contributed by atoms with E-state index in [1.54, 1.807) is 13.3 Å². The summed E-state index contributed by atoms with van der Waals surface area (Å²) < 4.78 is 16.6. The Hall–Kier alpha value is -1.17. The Kier molecular flexibility index (Phi) is 4.19. The minimum Gasteiger partial charge on any atom is -0.481 e. The van der Waals surface area contributed by atoms with Crippen LogP contribution >= 0.6 is 0 Å². The van der Waals surface area contributed by atoms with Crippen LogP contribution in [0.3, 0.4) is 0 Å². The lowest BCUT2D eigenvalue weighted by molar-refractivity contribution is -0.0894. The van der Waals surface area contributed by atoms with E-state index in [4.69, 9.17) is 14.2 Å². The molecule has 0 saturated carbocycles. The number of nitrogens with zero attached hydrogens (tertiary/aromatic N) is 1. The molecule has 2 atom stereocenters. The Bertz CT molecular complexity index is 446. The molecule has 3 rings (SSSR count). The predicted molar refractivity (Wildman–Crippen MR) is 74.8 cm³/mol. The molecule has 110 valence electrons. The van der Waals surface area contributed by atoms with Crippen LogP contribution in [0.15, 0.2) is 18.3 Å². The van der Waals surface area contributed by atoms with Crippen molar-refractivity contribution in [3.05, 3.63) is 23.9 Å². The maximum absolute atomic E-state index is 5.95. The molecular weight excluding hydrogens is 256 g/mol. The van der Waals surface area contributed by atoms with Crippen molar-refractivity contribution in [1.29, 1.82) is 0 Å². The maximum atomic E-state index is 5.95. The van der Waals surface area contributed by atoms with Gasteiger partial charge in [0.1, 0.15) is 0 Å². The van der Waals surface area contributed by atoms with E-state index < -0.39 is 0 Å². The molecule has 0 radical (unpaired) electrons. The van der Waals surface area contributed by atoms with Gasteiger partial charge in [0.2, 0.25) is 5.88 Å². The zero-order valence-electron chi connectivity index (χ0n) is 11.9. The van der Waals surface area contributed by atoms with Crippen molar-refractivity contribution >= 4 is 0 Å². The van der Waals surface area contributed by atoms with Crippen molar-refractivity contribution in [3.8, 4) is 5.88 Å². The van der Waals surface area contributed by atoms with Crippen LogP contribution < -0.4 is 10.1 Å². The standard InChI is InChI=1S/C15H22N2O3/c1-18-14-8-12(2-5-16-14)10-17-13-3-6-20-15(9-13)4-7-19-11-15/h2,5,8,13,17H,3-4,6-7,9-11H2,1H3. The maximum Gasteiger partial charge on any atom is 0.213 e. The summed E-state index contributed by atoms with van der Waals surface area (Å²) in [6, 6.07) is 4.48. The lowest BCUT2D eigenvalue weighted by atomic mass is 9.89. The average molecular weight is 278 g/mol. The first-order valence-electron chi connectivity index (χ1n) is 7.24. The summed E-state index contributed by atoms with van der Waals surface area (Å²) in [6.45, 7) is 3.23. The van der Waals surface area contributed by atoms with Gasteiger partial charge in [0.15, 0.2) is 0 Å². The lowest BCUT2D eigenvalue weighted by Gasteiger charge is -2.37. The highest BCUT2D eigenvalue weighted by molar-refractivity contribution is 5.20. The van der Waals surface area contributed by atoms with Crippen LogP contribution in [0.25, 0.3) is 0 Å². The Morgan fingerprint density at radius 3 is 3.25 bits per heavy atom. The van der Waals surface area contributed by atoms with Gasteiger partial charge in [-0.2, -0.15) is 0 Å². The molecule has 2 saturated heterocycles. The molecule has 2 unspecified atom stereocenters. The number of nitrogens with one attached hydrogen (secondary N) is 1. The molecule has 1 N–H and O–H groups in total. The van der Waals surface area contributed by atoms with Gasteiger partial charge in [-0.15, -0.1) is 0 Å². The molecule has 5 heteroatoms. The number of ether oxygens (including phenoxy) is 3. The second-order valence-corrected chi connectivity index (χ2v) is 5.61. The summed E-state index contributed by atoms with van der Waals surface area (Å²) in [6.07, 6.45) is 4.90. The van der Waals surface area contributed by atoms with Crippen LogP contribution in [0, 0.1) is 0 Å². The summed E-state index contributed by atoms with van der Waals surface area (Å²) in [5.41, 5.74) is 1.16. The molecule has 0 bridgehead atoms. The van der Waals surface area contributed by atoms with E-state index in [1.165, 1.54) is 5.56 Å². The molecule has 2 fully saturated rings. The molecule has 20 heavy (non-hydrogen) atoms. The summed E-state index contributed by atoms with van der Waals surface area (Å²) in [5.74, 6) is 0.664. The second-order valence-electron chi connectivity index (χ2n) is 5.61. The van der Waals surface area contributed by atoms with Crippen LogP contribution in [-0.2, 0) is 16.0 Å². The van der Waals surface area contributed by atoms with Crippen molar-refractivity contribution in [1.82, 2.24) is 10.3 Å². The first-order valence-corrected chi connectivity index (χ1v) is 7.24. The Morgan fingerprint density at radius 2 is 2.45 bits per heavy atom. The van der Waals surface area contributed by atoms with Crippen molar-refractivity contribution in [2.75, 3.05) is 26.9 Å². The number of aromatic nitrogens is 1. The zero-order chi connectivity index (χ0) is 13.8. The van der Waals surface area contributed by atoms with Crippen molar-refractivity contribution in [2.24, 2.45) is 0 Å². The van der Waals surface area contributed by atoms with Gasteiger partial charge in [-0.3, -0.25) is 0 Å².